The Bertz CT molecular complexity index is 610. The number of rotatable bonds is 3. The Hall–Kier alpha value is -1.36. The van der Waals surface area contributed by atoms with E-state index in [1.165, 1.54) is 0 Å². The molecule has 2 N–H and O–H groups in total. The van der Waals surface area contributed by atoms with E-state index in [4.69, 9.17) is 15.7 Å². The minimum absolute atomic E-state index is 0.340. The molecule has 112 valence electrons. The highest BCUT2D eigenvalue weighted by Crippen LogP contribution is 2.43. The molecule has 2 heterocycles. The second-order valence-electron chi connectivity index (χ2n) is 5.77. The van der Waals surface area contributed by atoms with E-state index in [9.17, 15) is 0 Å². The lowest BCUT2D eigenvalue weighted by Gasteiger charge is -2.36. The molecule has 5 heteroatoms. The molecule has 4 nitrogen and oxygen atoms in total. The van der Waals surface area contributed by atoms with E-state index in [1.807, 2.05) is 6.07 Å². The van der Waals surface area contributed by atoms with E-state index in [0.717, 1.165) is 41.8 Å². The van der Waals surface area contributed by atoms with Crippen LogP contribution in [0.5, 0.6) is 0 Å². The number of amidine groups is 1. The van der Waals surface area contributed by atoms with Crippen molar-refractivity contribution in [3.8, 4) is 0 Å². The number of aliphatic imine (C=N–C) groups is 2. The highest BCUT2D eigenvalue weighted by Gasteiger charge is 2.50. The zero-order chi connectivity index (χ0) is 15.0. The minimum Gasteiger partial charge on any atom is -0.369 e. The van der Waals surface area contributed by atoms with Gasteiger partial charge in [-0.15, -0.1) is 0 Å². The van der Waals surface area contributed by atoms with Gasteiger partial charge in [0.05, 0.1) is 0 Å². The number of hydrogen-bond acceptors (Lipinski definition) is 4. The van der Waals surface area contributed by atoms with Crippen molar-refractivity contribution in [1.82, 2.24) is 4.90 Å². The lowest BCUT2D eigenvalue weighted by molar-refractivity contribution is 0.373. The van der Waals surface area contributed by atoms with Gasteiger partial charge in [-0.25, -0.2) is 4.99 Å². The fourth-order valence-corrected chi connectivity index (χ4v) is 3.67. The summed E-state index contributed by atoms with van der Waals surface area (Å²) in [6.07, 6.45) is 2.06. The van der Waals surface area contributed by atoms with Crippen LogP contribution in [0.4, 0.5) is 0 Å². The maximum Gasteiger partial charge on any atom is 0.198 e. The van der Waals surface area contributed by atoms with Crippen LogP contribution in [0.25, 0.3) is 0 Å². The third-order valence-electron chi connectivity index (χ3n) is 4.56. The Kier molecular flexibility index (Phi) is 3.78. The van der Waals surface area contributed by atoms with Crippen molar-refractivity contribution >= 4 is 27.7 Å². The number of hydrogen-bond donors (Lipinski definition) is 1. The molecule has 0 saturated carbocycles. The molecule has 2 aliphatic heterocycles. The van der Waals surface area contributed by atoms with Crippen molar-refractivity contribution < 1.29 is 0 Å². The lowest BCUT2D eigenvalue weighted by atomic mass is 9.77. The quantitative estimate of drug-likeness (QED) is 0.912. The number of guanidine groups is 1. The van der Waals surface area contributed by atoms with E-state index in [2.05, 4.69) is 52.9 Å². The summed E-state index contributed by atoms with van der Waals surface area (Å²) in [6, 6.07) is 8.37. The number of nitrogens with two attached hydrogens (primary N) is 1. The molecule has 0 bridgehead atoms. The molecule has 2 aliphatic rings. The zero-order valence-corrected chi connectivity index (χ0v) is 14.1. The van der Waals surface area contributed by atoms with Crippen LogP contribution >= 0.6 is 15.9 Å². The normalized spacial score (nSPS) is 26.1. The third-order valence-corrected chi connectivity index (χ3v) is 5.05. The minimum atomic E-state index is -0.441. The SMILES string of the molecule is CCC(C)C1(c2cccc(Br)c2)N=C(N)N2CCCN=C21. The van der Waals surface area contributed by atoms with Crippen LogP contribution in [0.15, 0.2) is 38.7 Å². The van der Waals surface area contributed by atoms with Crippen molar-refractivity contribution in [1.29, 1.82) is 0 Å². The second kappa shape index (κ2) is 5.44. The summed E-state index contributed by atoms with van der Waals surface area (Å²) in [4.78, 5) is 11.8. The molecule has 0 spiro atoms. The average molecular weight is 349 g/mol. The van der Waals surface area contributed by atoms with Crippen LogP contribution in [-0.4, -0.2) is 29.8 Å². The zero-order valence-electron chi connectivity index (χ0n) is 12.5. The average Bonchev–Trinajstić information content (AvgIpc) is 2.81. The molecule has 2 atom stereocenters. The van der Waals surface area contributed by atoms with Gasteiger partial charge in [-0.05, 0) is 30.0 Å². The van der Waals surface area contributed by atoms with Crippen LogP contribution in [0.1, 0.15) is 32.3 Å². The topological polar surface area (TPSA) is 54.0 Å². The fraction of sp³-hybridized carbons (Fsp3) is 0.500. The number of halogens is 1. The van der Waals surface area contributed by atoms with E-state index >= 15 is 0 Å². The molecule has 21 heavy (non-hydrogen) atoms. The van der Waals surface area contributed by atoms with Crippen molar-refractivity contribution in [3.63, 3.8) is 0 Å². The lowest BCUT2D eigenvalue weighted by Crippen LogP contribution is -2.48. The summed E-state index contributed by atoms with van der Waals surface area (Å²) in [5.74, 6) is 1.97. The van der Waals surface area contributed by atoms with E-state index in [1.54, 1.807) is 0 Å². The summed E-state index contributed by atoms with van der Waals surface area (Å²) < 4.78 is 1.06. The summed E-state index contributed by atoms with van der Waals surface area (Å²) in [7, 11) is 0. The predicted octanol–water partition coefficient (Wildman–Crippen LogP) is 3.12. The van der Waals surface area contributed by atoms with Gasteiger partial charge in [0, 0.05) is 17.6 Å². The molecule has 0 aliphatic carbocycles. The Morgan fingerprint density at radius 3 is 3.00 bits per heavy atom. The summed E-state index contributed by atoms with van der Waals surface area (Å²) >= 11 is 3.57. The smallest absolute Gasteiger partial charge is 0.198 e. The molecule has 2 unspecified atom stereocenters. The Balaban J connectivity index is 2.21. The van der Waals surface area contributed by atoms with Crippen LogP contribution in [-0.2, 0) is 5.54 Å². The van der Waals surface area contributed by atoms with Gasteiger partial charge in [-0.3, -0.25) is 9.89 Å². The van der Waals surface area contributed by atoms with Gasteiger partial charge in [0.2, 0.25) is 0 Å². The van der Waals surface area contributed by atoms with Gasteiger partial charge >= 0.3 is 0 Å². The summed E-state index contributed by atoms with van der Waals surface area (Å²) in [5, 5.41) is 0. The maximum atomic E-state index is 6.22. The first-order valence-electron chi connectivity index (χ1n) is 7.53. The number of nitrogens with zero attached hydrogens (tertiary/aromatic N) is 3. The second-order valence-corrected chi connectivity index (χ2v) is 6.68. The monoisotopic (exact) mass is 348 g/mol. The van der Waals surface area contributed by atoms with E-state index in [0.29, 0.717) is 11.9 Å². The molecular formula is C16H21BrN4. The van der Waals surface area contributed by atoms with Gasteiger partial charge in [0.15, 0.2) is 5.96 Å². The van der Waals surface area contributed by atoms with Gasteiger partial charge in [-0.1, -0.05) is 48.3 Å². The van der Waals surface area contributed by atoms with Crippen LogP contribution in [0.3, 0.4) is 0 Å². The fourth-order valence-electron chi connectivity index (χ4n) is 3.28. The Morgan fingerprint density at radius 1 is 1.48 bits per heavy atom. The molecule has 0 saturated heterocycles. The highest BCUT2D eigenvalue weighted by atomic mass is 79.9. The Labute approximate surface area is 134 Å². The number of fused-ring (bicyclic) bond motifs is 1. The molecular weight excluding hydrogens is 328 g/mol. The van der Waals surface area contributed by atoms with Crippen molar-refractivity contribution in [3.05, 3.63) is 34.3 Å². The molecule has 0 radical (unpaired) electrons. The van der Waals surface area contributed by atoms with Gasteiger partial charge in [0.1, 0.15) is 11.4 Å². The van der Waals surface area contributed by atoms with Crippen molar-refractivity contribution in [2.24, 2.45) is 21.6 Å². The summed E-state index contributed by atoms with van der Waals surface area (Å²) in [5.41, 5.74) is 6.94. The van der Waals surface area contributed by atoms with Crippen molar-refractivity contribution in [2.45, 2.75) is 32.2 Å². The largest absolute Gasteiger partial charge is 0.369 e. The van der Waals surface area contributed by atoms with Gasteiger partial charge in [0.25, 0.3) is 0 Å². The van der Waals surface area contributed by atoms with E-state index < -0.39 is 5.54 Å². The highest BCUT2D eigenvalue weighted by molar-refractivity contribution is 9.10. The van der Waals surface area contributed by atoms with E-state index in [-0.39, 0.29) is 0 Å². The first kappa shape index (κ1) is 14.6. The third kappa shape index (κ3) is 2.18. The molecule has 1 aromatic rings. The van der Waals surface area contributed by atoms with Gasteiger partial charge < -0.3 is 5.73 Å². The molecule has 0 fully saturated rings. The van der Waals surface area contributed by atoms with Crippen LogP contribution < -0.4 is 5.73 Å². The standard InChI is InChI=1S/C16H21BrN4/c1-3-11(2)16(12-6-4-7-13(17)10-12)14-19-8-5-9-21(14)15(18)20-16/h4,6-7,10-11H,3,5,8-9H2,1-2H3,(H2,18,20). The molecule has 0 amide bonds. The van der Waals surface area contributed by atoms with Crippen LogP contribution in [0.2, 0.25) is 0 Å². The van der Waals surface area contributed by atoms with Crippen molar-refractivity contribution in [2.75, 3.05) is 13.1 Å². The first-order chi connectivity index (χ1) is 10.1. The molecule has 1 aromatic carbocycles. The first-order valence-corrected chi connectivity index (χ1v) is 8.32. The Morgan fingerprint density at radius 2 is 2.29 bits per heavy atom. The van der Waals surface area contributed by atoms with Crippen LogP contribution in [0, 0.1) is 5.92 Å². The summed E-state index contributed by atoms with van der Waals surface area (Å²) in [6.45, 7) is 6.21. The predicted molar refractivity (Wildman–Crippen MR) is 90.5 cm³/mol. The maximum absolute atomic E-state index is 6.22. The molecule has 0 aromatic heterocycles. The number of benzene rings is 1. The van der Waals surface area contributed by atoms with Gasteiger partial charge in [-0.2, -0.15) is 0 Å². The molecule has 3 rings (SSSR count).